The summed E-state index contributed by atoms with van der Waals surface area (Å²) in [6.45, 7) is 3.44. The summed E-state index contributed by atoms with van der Waals surface area (Å²) in [6.07, 6.45) is 0.706. The van der Waals surface area contributed by atoms with Crippen molar-refractivity contribution in [2.24, 2.45) is 4.99 Å². The minimum Gasteiger partial charge on any atom is -0.496 e. The number of rotatable bonds is 9. The molecule has 1 N–H and O–H groups in total. The first-order valence-corrected chi connectivity index (χ1v) is 9.94. The first-order chi connectivity index (χ1) is 11.9. The Kier molecular flexibility index (Phi) is 8.71. The number of benzene rings is 1. The third-order valence-corrected chi connectivity index (χ3v) is 5.81. The fourth-order valence-corrected chi connectivity index (χ4v) is 3.26. The molecule has 0 atom stereocenters. The minimum absolute atomic E-state index is 0.125. The van der Waals surface area contributed by atoms with Crippen LogP contribution in [0.15, 0.2) is 29.3 Å². The highest BCUT2D eigenvalue weighted by Gasteiger charge is 2.14. The topological polar surface area (TPSA) is 74.2 Å². The van der Waals surface area contributed by atoms with Gasteiger partial charge in [0, 0.05) is 46.3 Å². The fraction of sp³-hybridized carbons (Fsp3) is 0.588. The van der Waals surface area contributed by atoms with Crippen molar-refractivity contribution in [3.63, 3.8) is 0 Å². The fourth-order valence-electron chi connectivity index (χ4n) is 2.41. The van der Waals surface area contributed by atoms with Gasteiger partial charge in [-0.15, -0.1) is 0 Å². The van der Waals surface area contributed by atoms with Crippen LogP contribution in [0.2, 0.25) is 0 Å². The number of hydrogen-bond donors (Lipinski definition) is 1. The number of sulfonamides is 1. The van der Waals surface area contributed by atoms with E-state index in [1.165, 1.54) is 4.31 Å². The van der Waals surface area contributed by atoms with Crippen molar-refractivity contribution in [3.8, 4) is 5.75 Å². The molecule has 1 rings (SSSR count). The van der Waals surface area contributed by atoms with Crippen LogP contribution in [-0.4, -0.2) is 70.7 Å². The summed E-state index contributed by atoms with van der Waals surface area (Å²) < 4.78 is 30.2. The second-order valence-corrected chi connectivity index (χ2v) is 8.08. The lowest BCUT2D eigenvalue weighted by Gasteiger charge is -2.23. The van der Waals surface area contributed by atoms with Gasteiger partial charge in [-0.25, -0.2) is 12.7 Å². The number of hydrogen-bond acceptors (Lipinski definition) is 4. The van der Waals surface area contributed by atoms with E-state index in [4.69, 9.17) is 4.74 Å². The standard InChI is InChI=1S/C17H30N4O3S/c1-6-25(22,23)21(4)13-9-12-19-17(18-2)20(3)14-15-10-7-8-11-16(15)24-5/h7-8,10-11H,6,9,12-14H2,1-5H3,(H,18,19). The van der Waals surface area contributed by atoms with E-state index in [0.717, 1.165) is 17.3 Å². The third kappa shape index (κ3) is 6.55. The molecule has 7 nitrogen and oxygen atoms in total. The van der Waals surface area contributed by atoms with Crippen LogP contribution < -0.4 is 10.1 Å². The van der Waals surface area contributed by atoms with Crippen LogP contribution in [0, 0.1) is 0 Å². The Bertz CT molecular complexity index is 662. The number of aliphatic imine (C=N–C) groups is 1. The molecule has 0 unspecified atom stereocenters. The van der Waals surface area contributed by atoms with Gasteiger partial charge in [-0.1, -0.05) is 18.2 Å². The van der Waals surface area contributed by atoms with E-state index in [1.807, 2.05) is 36.2 Å². The predicted octanol–water partition coefficient (Wildman–Crippen LogP) is 1.37. The van der Waals surface area contributed by atoms with Crippen LogP contribution in [-0.2, 0) is 16.6 Å². The first kappa shape index (κ1) is 21.2. The average molecular weight is 371 g/mol. The molecule has 0 saturated heterocycles. The van der Waals surface area contributed by atoms with E-state index in [2.05, 4.69) is 10.3 Å². The quantitative estimate of drug-likeness (QED) is 0.404. The van der Waals surface area contributed by atoms with Gasteiger partial charge in [-0.2, -0.15) is 0 Å². The second-order valence-electron chi connectivity index (χ2n) is 5.72. The Morgan fingerprint density at radius 1 is 1.28 bits per heavy atom. The number of ether oxygens (including phenoxy) is 1. The molecule has 0 bridgehead atoms. The number of nitrogens with zero attached hydrogens (tertiary/aromatic N) is 3. The van der Waals surface area contributed by atoms with Crippen molar-refractivity contribution >= 4 is 16.0 Å². The zero-order chi connectivity index (χ0) is 18.9. The molecule has 0 aromatic heterocycles. The highest BCUT2D eigenvalue weighted by molar-refractivity contribution is 7.89. The van der Waals surface area contributed by atoms with E-state index in [-0.39, 0.29) is 5.75 Å². The van der Waals surface area contributed by atoms with Crippen molar-refractivity contribution in [2.45, 2.75) is 19.9 Å². The maximum atomic E-state index is 11.7. The Morgan fingerprint density at radius 2 is 1.96 bits per heavy atom. The van der Waals surface area contributed by atoms with E-state index in [9.17, 15) is 8.42 Å². The van der Waals surface area contributed by atoms with Crippen LogP contribution in [0.3, 0.4) is 0 Å². The maximum absolute atomic E-state index is 11.7. The summed E-state index contributed by atoms with van der Waals surface area (Å²) in [5.41, 5.74) is 1.07. The smallest absolute Gasteiger partial charge is 0.213 e. The molecule has 0 aliphatic rings. The van der Waals surface area contributed by atoms with Gasteiger partial charge < -0.3 is 15.0 Å². The van der Waals surface area contributed by atoms with E-state index in [1.54, 1.807) is 28.1 Å². The Morgan fingerprint density at radius 3 is 2.56 bits per heavy atom. The lowest BCUT2D eigenvalue weighted by atomic mass is 10.2. The first-order valence-electron chi connectivity index (χ1n) is 8.33. The molecule has 0 aliphatic heterocycles. The molecule has 0 heterocycles. The average Bonchev–Trinajstić information content (AvgIpc) is 2.61. The summed E-state index contributed by atoms with van der Waals surface area (Å²) >= 11 is 0. The molecule has 0 saturated carbocycles. The van der Waals surface area contributed by atoms with Crippen LogP contribution in [0.4, 0.5) is 0 Å². The molecule has 8 heteroatoms. The lowest BCUT2D eigenvalue weighted by Crippen LogP contribution is -2.40. The molecular formula is C17H30N4O3S. The molecule has 0 aliphatic carbocycles. The SMILES string of the molecule is CCS(=O)(=O)N(C)CCCNC(=NC)N(C)Cc1ccccc1OC. The number of methoxy groups -OCH3 is 1. The van der Waals surface area contributed by atoms with Crippen LogP contribution >= 0.6 is 0 Å². The Hall–Kier alpha value is -1.80. The summed E-state index contributed by atoms with van der Waals surface area (Å²) in [7, 11) is 3.84. The molecule has 0 fully saturated rings. The largest absolute Gasteiger partial charge is 0.496 e. The monoisotopic (exact) mass is 370 g/mol. The van der Waals surface area contributed by atoms with Gasteiger partial charge in [-0.3, -0.25) is 4.99 Å². The van der Waals surface area contributed by atoms with Crippen molar-refractivity contribution in [1.82, 2.24) is 14.5 Å². The number of guanidine groups is 1. The maximum Gasteiger partial charge on any atom is 0.213 e. The van der Waals surface area contributed by atoms with Crippen molar-refractivity contribution in [2.75, 3.05) is 47.1 Å². The molecule has 0 amide bonds. The summed E-state index contributed by atoms with van der Waals surface area (Å²) in [5, 5.41) is 3.27. The molecule has 25 heavy (non-hydrogen) atoms. The summed E-state index contributed by atoms with van der Waals surface area (Å²) in [4.78, 5) is 6.28. The molecule has 0 radical (unpaired) electrons. The molecule has 0 spiro atoms. The van der Waals surface area contributed by atoms with Crippen LogP contribution in [0.25, 0.3) is 0 Å². The van der Waals surface area contributed by atoms with Gasteiger partial charge in [0.2, 0.25) is 10.0 Å². The van der Waals surface area contributed by atoms with Crippen LogP contribution in [0.5, 0.6) is 5.75 Å². The normalized spacial score (nSPS) is 12.3. The minimum atomic E-state index is -3.12. The lowest BCUT2D eigenvalue weighted by molar-refractivity contribution is 0.395. The Labute approximate surface area is 151 Å². The van der Waals surface area contributed by atoms with Gasteiger partial charge in [-0.05, 0) is 19.4 Å². The van der Waals surface area contributed by atoms with Gasteiger partial charge in [0.1, 0.15) is 5.75 Å². The van der Waals surface area contributed by atoms with Gasteiger partial charge in [0.05, 0.1) is 12.9 Å². The molecule has 142 valence electrons. The van der Waals surface area contributed by atoms with E-state index < -0.39 is 10.0 Å². The number of para-hydroxylation sites is 1. The van der Waals surface area contributed by atoms with Crippen LogP contribution in [0.1, 0.15) is 18.9 Å². The summed E-state index contributed by atoms with van der Waals surface area (Å²) in [5.74, 6) is 1.73. The summed E-state index contributed by atoms with van der Waals surface area (Å²) in [6, 6.07) is 7.87. The van der Waals surface area contributed by atoms with Crippen molar-refractivity contribution < 1.29 is 13.2 Å². The van der Waals surface area contributed by atoms with Gasteiger partial charge in [0.25, 0.3) is 0 Å². The van der Waals surface area contributed by atoms with Crippen molar-refractivity contribution in [3.05, 3.63) is 29.8 Å². The van der Waals surface area contributed by atoms with Crippen molar-refractivity contribution in [1.29, 1.82) is 0 Å². The highest BCUT2D eigenvalue weighted by atomic mass is 32.2. The predicted molar refractivity (Wildman–Crippen MR) is 103 cm³/mol. The van der Waals surface area contributed by atoms with E-state index in [0.29, 0.717) is 26.1 Å². The van der Waals surface area contributed by atoms with Gasteiger partial charge in [0.15, 0.2) is 5.96 Å². The molecular weight excluding hydrogens is 340 g/mol. The molecule has 1 aromatic carbocycles. The zero-order valence-electron chi connectivity index (χ0n) is 15.8. The third-order valence-electron chi connectivity index (χ3n) is 3.95. The number of nitrogens with one attached hydrogen (secondary N) is 1. The zero-order valence-corrected chi connectivity index (χ0v) is 16.6. The molecule has 1 aromatic rings. The second kappa shape index (κ2) is 10.2. The Balaban J connectivity index is 2.51. The van der Waals surface area contributed by atoms with E-state index >= 15 is 0 Å². The highest BCUT2D eigenvalue weighted by Crippen LogP contribution is 2.18. The van der Waals surface area contributed by atoms with Gasteiger partial charge >= 0.3 is 0 Å².